The van der Waals surface area contributed by atoms with Gasteiger partial charge in [0.15, 0.2) is 0 Å². The maximum absolute atomic E-state index is 12.4. The highest BCUT2D eigenvalue weighted by atomic mass is 16.5. The number of hydrogen-bond acceptors (Lipinski definition) is 3. The van der Waals surface area contributed by atoms with E-state index in [1.165, 1.54) is 0 Å². The summed E-state index contributed by atoms with van der Waals surface area (Å²) in [7, 11) is 0. The van der Waals surface area contributed by atoms with Gasteiger partial charge in [0.2, 0.25) is 5.91 Å². The van der Waals surface area contributed by atoms with Gasteiger partial charge in [0.1, 0.15) is 5.75 Å². The highest BCUT2D eigenvalue weighted by Gasteiger charge is 2.19. The third-order valence-electron chi connectivity index (χ3n) is 3.72. The molecule has 0 bridgehead atoms. The molecule has 4 N–H and O–H groups in total. The number of primary amides is 1. The zero-order chi connectivity index (χ0) is 18.2. The number of carbonyl (C=O) groups is 2. The van der Waals surface area contributed by atoms with E-state index in [1.54, 1.807) is 24.3 Å². The van der Waals surface area contributed by atoms with E-state index in [9.17, 15) is 9.59 Å². The second-order valence-electron chi connectivity index (χ2n) is 5.63. The summed E-state index contributed by atoms with van der Waals surface area (Å²) in [5.41, 5.74) is 7.77. The molecule has 0 fully saturated rings. The molecule has 1 atom stereocenters. The molecule has 132 valence electrons. The molecule has 6 nitrogen and oxygen atoms in total. The molecular weight excluding hydrogens is 318 g/mol. The molecule has 2 aromatic rings. The van der Waals surface area contributed by atoms with Crippen molar-refractivity contribution >= 4 is 17.6 Å². The predicted molar refractivity (Wildman–Crippen MR) is 97.5 cm³/mol. The number of nitrogens with one attached hydrogen (secondary N) is 2. The highest BCUT2D eigenvalue weighted by molar-refractivity contribution is 5.91. The Morgan fingerprint density at radius 2 is 1.80 bits per heavy atom. The van der Waals surface area contributed by atoms with Gasteiger partial charge in [0.05, 0.1) is 19.1 Å². The maximum Gasteiger partial charge on any atom is 0.312 e. The summed E-state index contributed by atoms with van der Waals surface area (Å²) in [6.07, 6.45) is 0.0843. The first-order chi connectivity index (χ1) is 12.0. The molecule has 6 heteroatoms. The number of hydrogen-bond donors (Lipinski definition) is 3. The van der Waals surface area contributed by atoms with E-state index in [2.05, 4.69) is 10.6 Å². The van der Waals surface area contributed by atoms with Crippen molar-refractivity contribution in [3.8, 4) is 5.75 Å². The van der Waals surface area contributed by atoms with Crippen molar-refractivity contribution < 1.29 is 14.3 Å². The van der Waals surface area contributed by atoms with Crippen molar-refractivity contribution in [1.82, 2.24) is 5.32 Å². The quantitative estimate of drug-likeness (QED) is 0.722. The molecular formula is C19H23N3O3. The number of urea groups is 1. The Kier molecular flexibility index (Phi) is 6.39. The fourth-order valence-electron chi connectivity index (χ4n) is 2.59. The number of benzene rings is 2. The van der Waals surface area contributed by atoms with Gasteiger partial charge in [-0.05, 0) is 49.2 Å². The van der Waals surface area contributed by atoms with E-state index in [1.807, 2.05) is 38.1 Å². The third kappa shape index (κ3) is 5.53. The van der Waals surface area contributed by atoms with Gasteiger partial charge in [0, 0.05) is 5.69 Å². The molecule has 2 aromatic carbocycles. The Morgan fingerprint density at radius 1 is 1.12 bits per heavy atom. The average molecular weight is 341 g/mol. The molecule has 0 aliphatic rings. The first kappa shape index (κ1) is 18.3. The SMILES string of the molecule is CCOc1ccc(NC(=O)CC(NC(N)=O)c2ccccc2C)cc1. The minimum atomic E-state index is -0.665. The molecule has 1 unspecified atom stereocenters. The van der Waals surface area contributed by atoms with Crippen molar-refractivity contribution in [2.45, 2.75) is 26.3 Å². The van der Waals surface area contributed by atoms with Crippen LogP contribution in [0.1, 0.15) is 30.5 Å². The summed E-state index contributed by atoms with van der Waals surface area (Å²) in [5.74, 6) is 0.528. The Labute approximate surface area is 147 Å². The Bertz CT molecular complexity index is 729. The maximum atomic E-state index is 12.4. The average Bonchev–Trinajstić information content (AvgIpc) is 2.56. The van der Waals surface area contributed by atoms with Crippen molar-refractivity contribution in [2.75, 3.05) is 11.9 Å². The first-order valence-electron chi connectivity index (χ1n) is 8.13. The number of aryl methyl sites for hydroxylation is 1. The van der Waals surface area contributed by atoms with Crippen molar-refractivity contribution in [3.63, 3.8) is 0 Å². The lowest BCUT2D eigenvalue weighted by molar-refractivity contribution is -0.116. The summed E-state index contributed by atoms with van der Waals surface area (Å²) >= 11 is 0. The highest BCUT2D eigenvalue weighted by Crippen LogP contribution is 2.22. The topological polar surface area (TPSA) is 93.4 Å². The lowest BCUT2D eigenvalue weighted by Crippen LogP contribution is -2.35. The molecule has 0 aliphatic carbocycles. The van der Waals surface area contributed by atoms with Crippen LogP contribution in [0.4, 0.5) is 10.5 Å². The number of ether oxygens (including phenoxy) is 1. The lowest BCUT2D eigenvalue weighted by Gasteiger charge is -2.19. The second-order valence-corrected chi connectivity index (χ2v) is 5.63. The van der Waals surface area contributed by atoms with Crippen LogP contribution in [0.3, 0.4) is 0 Å². The number of nitrogens with two attached hydrogens (primary N) is 1. The molecule has 0 aromatic heterocycles. The van der Waals surface area contributed by atoms with Crippen LogP contribution in [0.5, 0.6) is 5.75 Å². The number of anilines is 1. The number of carbonyl (C=O) groups excluding carboxylic acids is 2. The third-order valence-corrected chi connectivity index (χ3v) is 3.72. The molecule has 0 radical (unpaired) electrons. The van der Waals surface area contributed by atoms with E-state index < -0.39 is 12.1 Å². The van der Waals surface area contributed by atoms with E-state index >= 15 is 0 Å². The molecule has 0 saturated carbocycles. The van der Waals surface area contributed by atoms with Gasteiger partial charge in [-0.1, -0.05) is 24.3 Å². The molecule has 2 rings (SSSR count). The Balaban J connectivity index is 2.06. The molecule has 0 spiro atoms. The van der Waals surface area contributed by atoms with Crippen LogP contribution in [0.25, 0.3) is 0 Å². The molecule has 0 aliphatic heterocycles. The molecule has 3 amide bonds. The Hall–Kier alpha value is -3.02. The van der Waals surface area contributed by atoms with E-state index in [0.29, 0.717) is 12.3 Å². The van der Waals surface area contributed by atoms with Gasteiger partial charge in [0.25, 0.3) is 0 Å². The fourth-order valence-corrected chi connectivity index (χ4v) is 2.59. The van der Waals surface area contributed by atoms with Crippen LogP contribution in [-0.2, 0) is 4.79 Å². The monoisotopic (exact) mass is 341 g/mol. The second kappa shape index (κ2) is 8.73. The van der Waals surface area contributed by atoms with Gasteiger partial charge in [-0.2, -0.15) is 0 Å². The van der Waals surface area contributed by atoms with E-state index in [4.69, 9.17) is 10.5 Å². The van der Waals surface area contributed by atoms with Crippen LogP contribution < -0.4 is 21.1 Å². The zero-order valence-electron chi connectivity index (χ0n) is 14.4. The van der Waals surface area contributed by atoms with Crippen LogP contribution in [0.2, 0.25) is 0 Å². The van der Waals surface area contributed by atoms with Gasteiger partial charge < -0.3 is 21.1 Å². The fraction of sp³-hybridized carbons (Fsp3) is 0.263. The lowest BCUT2D eigenvalue weighted by atomic mass is 9.98. The summed E-state index contributed by atoms with van der Waals surface area (Å²) < 4.78 is 5.37. The predicted octanol–water partition coefficient (Wildman–Crippen LogP) is 3.13. The minimum Gasteiger partial charge on any atom is -0.494 e. The summed E-state index contributed by atoms with van der Waals surface area (Å²) in [4.78, 5) is 23.7. The van der Waals surface area contributed by atoms with Crippen molar-refractivity contribution in [1.29, 1.82) is 0 Å². The molecule has 0 saturated heterocycles. The normalized spacial score (nSPS) is 11.4. The van der Waals surface area contributed by atoms with Gasteiger partial charge >= 0.3 is 6.03 Å². The summed E-state index contributed by atoms with van der Waals surface area (Å²) in [6.45, 7) is 4.42. The minimum absolute atomic E-state index is 0.0843. The smallest absolute Gasteiger partial charge is 0.312 e. The first-order valence-corrected chi connectivity index (χ1v) is 8.13. The summed E-state index contributed by atoms with van der Waals surface area (Å²) in [6, 6.07) is 13.5. The van der Waals surface area contributed by atoms with Crippen LogP contribution in [-0.4, -0.2) is 18.5 Å². The molecule has 25 heavy (non-hydrogen) atoms. The van der Waals surface area contributed by atoms with Gasteiger partial charge in [-0.25, -0.2) is 4.79 Å². The van der Waals surface area contributed by atoms with Gasteiger partial charge in [-0.3, -0.25) is 4.79 Å². The summed E-state index contributed by atoms with van der Waals surface area (Å²) in [5, 5.41) is 5.46. The van der Waals surface area contributed by atoms with Crippen molar-refractivity contribution in [3.05, 3.63) is 59.7 Å². The van der Waals surface area contributed by atoms with Gasteiger partial charge in [-0.15, -0.1) is 0 Å². The van der Waals surface area contributed by atoms with Crippen LogP contribution in [0, 0.1) is 6.92 Å². The number of rotatable bonds is 7. The van der Waals surface area contributed by atoms with Crippen molar-refractivity contribution in [2.24, 2.45) is 5.73 Å². The van der Waals surface area contributed by atoms with E-state index in [0.717, 1.165) is 16.9 Å². The van der Waals surface area contributed by atoms with E-state index in [-0.39, 0.29) is 12.3 Å². The molecule has 0 heterocycles. The number of amides is 3. The van der Waals surface area contributed by atoms with Crippen LogP contribution >= 0.6 is 0 Å². The zero-order valence-corrected chi connectivity index (χ0v) is 14.4. The standard InChI is InChI=1S/C19H23N3O3/c1-3-25-15-10-8-14(9-11-15)21-18(23)12-17(22-19(20)24)16-7-5-4-6-13(16)2/h4-11,17H,3,12H2,1-2H3,(H,21,23)(H3,20,22,24). The van der Waals surface area contributed by atoms with Crippen LogP contribution in [0.15, 0.2) is 48.5 Å². The largest absolute Gasteiger partial charge is 0.494 e. The Morgan fingerprint density at radius 3 is 2.40 bits per heavy atom.